The number of carbonyl (C=O) groups is 2. The smallest absolute Gasteiger partial charge is 0.344 e. The molecule has 0 N–H and O–H groups in total. The highest BCUT2D eigenvalue weighted by Crippen LogP contribution is 2.30. The van der Waals surface area contributed by atoms with E-state index in [4.69, 9.17) is 9.47 Å². The van der Waals surface area contributed by atoms with Crippen molar-refractivity contribution in [1.29, 1.82) is 0 Å². The van der Waals surface area contributed by atoms with Gasteiger partial charge in [0.25, 0.3) is 11.6 Å². The lowest BCUT2D eigenvalue weighted by Crippen LogP contribution is -2.27. The summed E-state index contributed by atoms with van der Waals surface area (Å²) in [6.07, 6.45) is 0. The zero-order valence-corrected chi connectivity index (χ0v) is 15.3. The van der Waals surface area contributed by atoms with Gasteiger partial charge in [0.2, 0.25) is 0 Å². The summed E-state index contributed by atoms with van der Waals surface area (Å²) in [5, 5.41) is 10.7. The maximum Gasteiger partial charge on any atom is 0.344 e. The Kier molecular flexibility index (Phi) is 6.48. The molecule has 0 saturated heterocycles. The van der Waals surface area contributed by atoms with Gasteiger partial charge in [-0.05, 0) is 43.7 Å². The van der Waals surface area contributed by atoms with Crippen molar-refractivity contribution in [2.45, 2.75) is 13.8 Å². The average Bonchev–Trinajstić information content (AvgIpc) is 2.65. The number of anilines is 1. The molecule has 2 aromatic rings. The number of rotatable bonds is 7. The van der Waals surface area contributed by atoms with Crippen LogP contribution in [0.3, 0.4) is 0 Å². The van der Waals surface area contributed by atoms with Crippen molar-refractivity contribution in [3.05, 3.63) is 63.7 Å². The van der Waals surface area contributed by atoms with E-state index in [9.17, 15) is 19.7 Å². The van der Waals surface area contributed by atoms with Crippen molar-refractivity contribution >= 4 is 23.3 Å². The molecule has 2 rings (SSSR count). The summed E-state index contributed by atoms with van der Waals surface area (Å²) < 4.78 is 10.4. The molecule has 0 bridgehead atoms. The molecule has 0 fully saturated rings. The van der Waals surface area contributed by atoms with Crippen molar-refractivity contribution in [3.63, 3.8) is 0 Å². The fourth-order valence-electron chi connectivity index (χ4n) is 2.38. The van der Waals surface area contributed by atoms with Gasteiger partial charge in [-0.25, -0.2) is 4.79 Å². The second-order valence-electron chi connectivity index (χ2n) is 5.73. The first-order valence-corrected chi connectivity index (χ1v) is 8.25. The van der Waals surface area contributed by atoms with Crippen LogP contribution in [0.15, 0.2) is 42.5 Å². The van der Waals surface area contributed by atoms with Gasteiger partial charge in [-0.15, -0.1) is 0 Å². The lowest BCUT2D eigenvalue weighted by Gasteiger charge is -2.21. The highest BCUT2D eigenvalue weighted by Gasteiger charge is 2.19. The van der Waals surface area contributed by atoms with Crippen LogP contribution >= 0.6 is 0 Å². The Morgan fingerprint density at radius 3 is 2.41 bits per heavy atom. The second-order valence-corrected chi connectivity index (χ2v) is 5.73. The Hall–Kier alpha value is -3.42. The van der Waals surface area contributed by atoms with Gasteiger partial charge in [0, 0.05) is 24.7 Å². The standard InChI is InChI=1S/C19H20N2O6/c1-4-26-18(22)12-27-17-11-13(2)5-10-16(17)20(3)19(23)14-6-8-15(9-7-14)21(24)25/h5-11H,4,12H2,1-3H3. The SMILES string of the molecule is CCOC(=O)COc1cc(C)ccc1N(C)C(=O)c1ccc([N+](=O)[O-])cc1. The number of non-ortho nitro benzene ring substituents is 1. The number of nitro groups is 1. The summed E-state index contributed by atoms with van der Waals surface area (Å²) in [5.74, 6) is -0.509. The van der Waals surface area contributed by atoms with Gasteiger partial charge in [0.15, 0.2) is 6.61 Å². The number of ether oxygens (including phenoxy) is 2. The average molecular weight is 372 g/mol. The predicted molar refractivity (Wildman–Crippen MR) is 99.1 cm³/mol. The van der Waals surface area contributed by atoms with Crippen LogP contribution < -0.4 is 9.64 Å². The zero-order valence-electron chi connectivity index (χ0n) is 15.3. The van der Waals surface area contributed by atoms with Crippen LogP contribution in [0, 0.1) is 17.0 Å². The fourth-order valence-corrected chi connectivity index (χ4v) is 2.38. The fraction of sp³-hybridized carbons (Fsp3) is 0.263. The Bertz CT molecular complexity index is 848. The third-order valence-corrected chi connectivity index (χ3v) is 3.76. The largest absolute Gasteiger partial charge is 0.480 e. The molecule has 27 heavy (non-hydrogen) atoms. The lowest BCUT2D eigenvalue weighted by molar-refractivity contribution is -0.384. The second kappa shape index (κ2) is 8.79. The molecule has 0 heterocycles. The van der Waals surface area contributed by atoms with Crippen molar-refractivity contribution in [3.8, 4) is 5.75 Å². The first-order valence-electron chi connectivity index (χ1n) is 8.25. The number of carbonyl (C=O) groups excluding carboxylic acids is 2. The molecule has 1 amide bonds. The van der Waals surface area contributed by atoms with E-state index in [2.05, 4.69) is 0 Å². The summed E-state index contributed by atoms with van der Waals surface area (Å²) in [6, 6.07) is 10.6. The van der Waals surface area contributed by atoms with Gasteiger partial charge in [0.1, 0.15) is 5.75 Å². The van der Waals surface area contributed by atoms with Crippen LogP contribution in [-0.2, 0) is 9.53 Å². The Morgan fingerprint density at radius 2 is 1.81 bits per heavy atom. The van der Waals surface area contributed by atoms with Crippen LogP contribution in [-0.4, -0.2) is 37.1 Å². The summed E-state index contributed by atoms with van der Waals surface area (Å²) in [7, 11) is 1.56. The minimum absolute atomic E-state index is 0.0944. The van der Waals surface area contributed by atoms with Gasteiger partial charge in [-0.2, -0.15) is 0 Å². The highest BCUT2D eigenvalue weighted by molar-refractivity contribution is 6.06. The maximum absolute atomic E-state index is 12.7. The first kappa shape index (κ1) is 19.9. The van der Waals surface area contributed by atoms with E-state index in [1.165, 1.54) is 29.2 Å². The minimum atomic E-state index is -0.528. The normalized spacial score (nSPS) is 10.2. The van der Waals surface area contributed by atoms with Crippen molar-refractivity contribution in [2.75, 3.05) is 25.2 Å². The van der Waals surface area contributed by atoms with Gasteiger partial charge in [-0.1, -0.05) is 6.07 Å². The summed E-state index contributed by atoms with van der Waals surface area (Å²) >= 11 is 0. The molecular formula is C19H20N2O6. The third-order valence-electron chi connectivity index (χ3n) is 3.76. The van der Waals surface area contributed by atoms with Crippen molar-refractivity contribution in [2.24, 2.45) is 0 Å². The van der Waals surface area contributed by atoms with Gasteiger partial charge in [0.05, 0.1) is 17.2 Å². The van der Waals surface area contributed by atoms with Gasteiger partial charge >= 0.3 is 5.97 Å². The number of hydrogen-bond acceptors (Lipinski definition) is 6. The van der Waals surface area contributed by atoms with E-state index >= 15 is 0 Å². The molecule has 0 radical (unpaired) electrons. The third kappa shape index (κ3) is 5.04. The van der Waals surface area contributed by atoms with Gasteiger partial charge in [-0.3, -0.25) is 14.9 Å². The molecule has 142 valence electrons. The zero-order chi connectivity index (χ0) is 20.0. The van der Waals surface area contributed by atoms with Gasteiger partial charge < -0.3 is 14.4 Å². The molecule has 0 spiro atoms. The maximum atomic E-state index is 12.7. The molecule has 0 aromatic heterocycles. The minimum Gasteiger partial charge on any atom is -0.480 e. The van der Waals surface area contributed by atoms with Crippen LogP contribution in [0.5, 0.6) is 5.75 Å². The molecule has 2 aromatic carbocycles. The van der Waals surface area contributed by atoms with Crippen LogP contribution in [0.2, 0.25) is 0 Å². The molecule has 0 aliphatic heterocycles. The monoisotopic (exact) mass is 372 g/mol. The molecular weight excluding hydrogens is 352 g/mol. The lowest BCUT2D eigenvalue weighted by atomic mass is 10.1. The van der Waals surface area contributed by atoms with E-state index < -0.39 is 10.9 Å². The first-order chi connectivity index (χ1) is 12.8. The quantitative estimate of drug-likeness (QED) is 0.421. The molecule has 0 saturated carbocycles. The van der Waals surface area contributed by atoms with E-state index in [-0.39, 0.29) is 24.8 Å². The van der Waals surface area contributed by atoms with Crippen LogP contribution in [0.1, 0.15) is 22.8 Å². The van der Waals surface area contributed by atoms with E-state index in [0.29, 0.717) is 17.0 Å². The molecule has 0 aliphatic rings. The molecule has 0 unspecified atom stereocenters. The van der Waals surface area contributed by atoms with Crippen LogP contribution in [0.25, 0.3) is 0 Å². The summed E-state index contributed by atoms with van der Waals surface area (Å²) in [5.41, 5.74) is 1.56. The number of nitro benzene ring substituents is 1. The molecule has 0 atom stereocenters. The van der Waals surface area contributed by atoms with Crippen molar-refractivity contribution in [1.82, 2.24) is 0 Å². The Labute approximate surface area is 156 Å². The Morgan fingerprint density at radius 1 is 1.15 bits per heavy atom. The molecule has 8 heteroatoms. The Balaban J connectivity index is 2.23. The molecule has 0 aliphatic carbocycles. The van der Waals surface area contributed by atoms with E-state index in [1.54, 1.807) is 26.1 Å². The summed E-state index contributed by atoms with van der Waals surface area (Å²) in [6.45, 7) is 3.54. The number of benzene rings is 2. The number of amides is 1. The van der Waals surface area contributed by atoms with E-state index in [0.717, 1.165) is 5.56 Å². The predicted octanol–water partition coefficient (Wildman–Crippen LogP) is 3.12. The number of aryl methyl sites for hydroxylation is 1. The van der Waals surface area contributed by atoms with E-state index in [1.807, 2.05) is 13.0 Å². The number of nitrogens with zero attached hydrogens (tertiary/aromatic N) is 2. The number of esters is 1. The molecule has 8 nitrogen and oxygen atoms in total. The highest BCUT2D eigenvalue weighted by atomic mass is 16.6. The summed E-state index contributed by atoms with van der Waals surface area (Å²) in [4.78, 5) is 35.8. The van der Waals surface area contributed by atoms with Crippen molar-refractivity contribution < 1.29 is 24.0 Å². The number of hydrogen-bond donors (Lipinski definition) is 0. The van der Waals surface area contributed by atoms with Crippen LogP contribution in [0.4, 0.5) is 11.4 Å². The topological polar surface area (TPSA) is 99.0 Å².